The maximum Gasteiger partial charge on any atom is 0.161 e. The highest BCUT2D eigenvalue weighted by Crippen LogP contribution is 2.15. The molecule has 54 valence electrons. The lowest BCUT2D eigenvalue weighted by atomic mass is 10.3. The summed E-state index contributed by atoms with van der Waals surface area (Å²) in [7, 11) is 1.47. The Bertz CT molecular complexity index is 201. The van der Waals surface area contributed by atoms with Crippen molar-refractivity contribution in [2.45, 2.75) is 6.42 Å². The predicted molar refractivity (Wildman–Crippen MR) is 38.0 cm³/mol. The first-order valence-corrected chi connectivity index (χ1v) is 3.10. The van der Waals surface area contributed by atoms with Crippen LogP contribution in [-0.4, -0.2) is 7.11 Å². The Morgan fingerprint density at radius 1 is 1.50 bits per heavy atom. The number of hydrogen-bond donors (Lipinski definition) is 0. The van der Waals surface area contributed by atoms with E-state index < -0.39 is 0 Å². The maximum absolute atomic E-state index is 12.7. The van der Waals surface area contributed by atoms with Crippen molar-refractivity contribution in [2.75, 3.05) is 7.11 Å². The summed E-state index contributed by atoms with van der Waals surface area (Å²) in [5.74, 6) is 0.109. The van der Waals surface area contributed by atoms with Crippen LogP contribution in [0.25, 0.3) is 0 Å². The Kier molecular flexibility index (Phi) is 2.26. The summed E-state index contributed by atoms with van der Waals surface area (Å²) >= 11 is 0. The zero-order valence-corrected chi connectivity index (χ0v) is 5.80. The van der Waals surface area contributed by atoms with Crippen LogP contribution in [0.4, 0.5) is 4.39 Å². The van der Waals surface area contributed by atoms with Gasteiger partial charge < -0.3 is 4.74 Å². The van der Waals surface area contributed by atoms with Crippen molar-refractivity contribution in [3.63, 3.8) is 0 Å². The van der Waals surface area contributed by atoms with Crippen LogP contribution in [-0.2, 0) is 4.74 Å². The average Bonchev–Trinajstić information content (AvgIpc) is 2.13. The van der Waals surface area contributed by atoms with Gasteiger partial charge in [-0.1, -0.05) is 18.2 Å². The van der Waals surface area contributed by atoms with Gasteiger partial charge in [-0.25, -0.2) is 4.39 Å². The van der Waals surface area contributed by atoms with E-state index in [4.69, 9.17) is 4.74 Å². The largest absolute Gasteiger partial charge is 0.498 e. The summed E-state index contributed by atoms with van der Waals surface area (Å²) < 4.78 is 17.5. The fourth-order valence-corrected chi connectivity index (χ4v) is 0.765. The molecule has 1 aliphatic carbocycles. The molecule has 0 saturated carbocycles. The van der Waals surface area contributed by atoms with E-state index in [1.54, 1.807) is 12.2 Å². The molecule has 1 nitrogen and oxygen atoms in total. The van der Waals surface area contributed by atoms with Crippen molar-refractivity contribution in [1.29, 1.82) is 0 Å². The summed E-state index contributed by atoms with van der Waals surface area (Å²) in [5, 5.41) is 0. The lowest BCUT2D eigenvalue weighted by Crippen LogP contribution is -1.86. The molecule has 0 fully saturated rings. The number of hydrogen-bond acceptors (Lipinski definition) is 1. The molecule has 0 heterocycles. The van der Waals surface area contributed by atoms with Crippen LogP contribution in [0, 0.1) is 0 Å². The van der Waals surface area contributed by atoms with E-state index in [0.29, 0.717) is 12.2 Å². The summed E-state index contributed by atoms with van der Waals surface area (Å²) in [4.78, 5) is 0. The molecule has 1 rings (SSSR count). The molecule has 0 spiro atoms. The van der Waals surface area contributed by atoms with Gasteiger partial charge in [-0.15, -0.1) is 0 Å². The number of ether oxygens (including phenoxy) is 1. The fourth-order valence-electron chi connectivity index (χ4n) is 0.765. The van der Waals surface area contributed by atoms with Gasteiger partial charge in [0.15, 0.2) is 5.83 Å². The Hall–Kier alpha value is -1.05. The quantitative estimate of drug-likeness (QED) is 0.543. The molecular formula is C8H9FO. The molecule has 0 amide bonds. The highest BCUT2D eigenvalue weighted by molar-refractivity contribution is 5.24. The lowest BCUT2D eigenvalue weighted by Gasteiger charge is -2.00. The second-order valence-corrected chi connectivity index (χ2v) is 1.97. The van der Waals surface area contributed by atoms with Gasteiger partial charge in [0.05, 0.1) is 7.11 Å². The average molecular weight is 140 g/mol. The molecule has 0 aliphatic heterocycles. The van der Waals surface area contributed by atoms with E-state index in [2.05, 4.69) is 0 Å². The topological polar surface area (TPSA) is 9.23 Å². The zero-order chi connectivity index (χ0) is 7.40. The van der Waals surface area contributed by atoms with E-state index >= 15 is 0 Å². The second kappa shape index (κ2) is 3.20. The third kappa shape index (κ3) is 1.47. The van der Waals surface area contributed by atoms with Crippen molar-refractivity contribution in [2.24, 2.45) is 0 Å². The third-order valence-corrected chi connectivity index (χ3v) is 1.31. The van der Waals surface area contributed by atoms with E-state index in [1.165, 1.54) is 13.2 Å². The van der Waals surface area contributed by atoms with Gasteiger partial charge in [-0.2, -0.15) is 0 Å². The van der Waals surface area contributed by atoms with Crippen molar-refractivity contribution < 1.29 is 9.13 Å². The minimum Gasteiger partial charge on any atom is -0.498 e. The van der Waals surface area contributed by atoms with Crippen LogP contribution < -0.4 is 0 Å². The standard InChI is InChI=1S/C8H9FO/c1-10-8-6-4-2-3-5-7(8)9/h2-5H,6H2,1H3. The molecule has 0 saturated heterocycles. The van der Waals surface area contributed by atoms with Crippen molar-refractivity contribution in [3.05, 3.63) is 35.9 Å². The van der Waals surface area contributed by atoms with Gasteiger partial charge >= 0.3 is 0 Å². The molecule has 1 aliphatic rings. The summed E-state index contributed by atoms with van der Waals surface area (Å²) in [5.41, 5.74) is 0. The van der Waals surface area contributed by atoms with Crippen LogP contribution in [0.2, 0.25) is 0 Å². The molecule has 0 aromatic rings. The van der Waals surface area contributed by atoms with Gasteiger partial charge in [0.1, 0.15) is 5.76 Å². The molecule has 10 heavy (non-hydrogen) atoms. The van der Waals surface area contributed by atoms with Crippen molar-refractivity contribution in [3.8, 4) is 0 Å². The Balaban J connectivity index is 2.82. The number of rotatable bonds is 1. The molecule has 0 aromatic heterocycles. The van der Waals surface area contributed by atoms with Gasteiger partial charge in [0.25, 0.3) is 0 Å². The summed E-state index contributed by atoms with van der Waals surface area (Å²) in [6.07, 6.45) is 7.23. The molecule has 0 radical (unpaired) electrons. The van der Waals surface area contributed by atoms with E-state index in [9.17, 15) is 4.39 Å². The van der Waals surface area contributed by atoms with Crippen LogP contribution in [0.3, 0.4) is 0 Å². The monoisotopic (exact) mass is 140 g/mol. The SMILES string of the molecule is COC1=C(F)C=CC=CC1. The lowest BCUT2D eigenvalue weighted by molar-refractivity contribution is 0.271. The van der Waals surface area contributed by atoms with Crippen LogP contribution in [0.1, 0.15) is 6.42 Å². The minimum atomic E-state index is -0.285. The van der Waals surface area contributed by atoms with E-state index in [0.717, 1.165) is 0 Å². The van der Waals surface area contributed by atoms with Crippen LogP contribution >= 0.6 is 0 Å². The van der Waals surface area contributed by atoms with Gasteiger partial charge in [-0.05, 0) is 6.08 Å². The molecule has 0 atom stereocenters. The second-order valence-electron chi connectivity index (χ2n) is 1.97. The first kappa shape index (κ1) is 7.06. The van der Waals surface area contributed by atoms with Gasteiger partial charge in [0.2, 0.25) is 0 Å². The predicted octanol–water partition coefficient (Wildman–Crippen LogP) is 2.33. The highest BCUT2D eigenvalue weighted by atomic mass is 19.1. The Morgan fingerprint density at radius 2 is 2.30 bits per heavy atom. The summed E-state index contributed by atoms with van der Waals surface area (Å²) in [6.45, 7) is 0. The van der Waals surface area contributed by atoms with Gasteiger partial charge in [-0.3, -0.25) is 0 Å². The zero-order valence-electron chi connectivity index (χ0n) is 5.80. The molecule has 0 unspecified atom stereocenters. The van der Waals surface area contributed by atoms with Crippen LogP contribution in [0.15, 0.2) is 35.9 Å². The Labute approximate surface area is 59.5 Å². The Morgan fingerprint density at radius 3 is 3.00 bits per heavy atom. The minimum absolute atomic E-state index is 0.285. The van der Waals surface area contributed by atoms with E-state index in [1.807, 2.05) is 6.08 Å². The first-order valence-electron chi connectivity index (χ1n) is 3.10. The van der Waals surface area contributed by atoms with Crippen molar-refractivity contribution in [1.82, 2.24) is 0 Å². The summed E-state index contributed by atoms with van der Waals surface area (Å²) in [6, 6.07) is 0. The third-order valence-electron chi connectivity index (χ3n) is 1.31. The molecule has 0 bridgehead atoms. The highest BCUT2D eigenvalue weighted by Gasteiger charge is 2.02. The smallest absolute Gasteiger partial charge is 0.161 e. The molecular weight excluding hydrogens is 131 g/mol. The normalized spacial score (nSPS) is 17.4. The molecule has 0 aromatic carbocycles. The number of allylic oxidation sites excluding steroid dienone is 5. The first-order chi connectivity index (χ1) is 4.84. The molecule has 2 heteroatoms. The van der Waals surface area contributed by atoms with Gasteiger partial charge in [0, 0.05) is 6.42 Å². The number of halogens is 1. The van der Waals surface area contributed by atoms with Crippen LogP contribution in [0.5, 0.6) is 0 Å². The number of methoxy groups -OCH3 is 1. The molecule has 0 N–H and O–H groups in total. The maximum atomic E-state index is 12.7. The van der Waals surface area contributed by atoms with E-state index in [-0.39, 0.29) is 5.83 Å². The van der Waals surface area contributed by atoms with Crippen molar-refractivity contribution >= 4 is 0 Å². The fraction of sp³-hybridized carbons (Fsp3) is 0.250.